The van der Waals surface area contributed by atoms with E-state index in [4.69, 9.17) is 4.74 Å². The van der Waals surface area contributed by atoms with Gasteiger partial charge in [-0.15, -0.1) is 0 Å². The van der Waals surface area contributed by atoms with Crippen LogP contribution < -0.4 is 0 Å². The number of rotatable bonds is 2. The molecular formula is C7H14N2O4. The second-order valence-electron chi connectivity index (χ2n) is 3.43. The molecule has 0 aliphatic rings. The van der Waals surface area contributed by atoms with E-state index < -0.39 is 16.7 Å². The quantitative estimate of drug-likeness (QED) is 0.487. The van der Waals surface area contributed by atoms with Crippen molar-refractivity contribution < 1.29 is 14.6 Å². The highest BCUT2D eigenvalue weighted by Gasteiger charge is 2.28. The highest BCUT2D eigenvalue weighted by Crippen LogP contribution is 2.09. The Hall–Kier alpha value is -1.33. The molecule has 0 radical (unpaired) electrons. The molecule has 0 aromatic rings. The van der Waals surface area contributed by atoms with E-state index in [9.17, 15) is 14.9 Å². The van der Waals surface area contributed by atoms with Crippen LogP contribution in [0.5, 0.6) is 0 Å². The van der Waals surface area contributed by atoms with E-state index in [1.54, 1.807) is 20.8 Å². The number of nitrogens with zero attached hydrogens (tertiary/aromatic N) is 2. The van der Waals surface area contributed by atoms with Crippen molar-refractivity contribution in [1.82, 2.24) is 5.01 Å². The highest BCUT2D eigenvalue weighted by atomic mass is 16.7. The number of carbonyl (C=O) groups excluding carboxylic acids is 1. The van der Waals surface area contributed by atoms with Gasteiger partial charge in [-0.1, -0.05) is 0 Å². The lowest BCUT2D eigenvalue weighted by Gasteiger charge is -2.20. The van der Waals surface area contributed by atoms with Gasteiger partial charge in [0, 0.05) is 0 Å². The fourth-order valence-electron chi connectivity index (χ4n) is 0.626. The second-order valence-corrected chi connectivity index (χ2v) is 3.43. The summed E-state index contributed by atoms with van der Waals surface area (Å²) in [5.41, 5.74) is -0.708. The van der Waals surface area contributed by atoms with Crippen molar-refractivity contribution in [2.75, 3.05) is 6.54 Å². The Bertz CT molecular complexity index is 209. The Morgan fingerprint density at radius 1 is 1.54 bits per heavy atom. The minimum Gasteiger partial charge on any atom is -0.440 e. The molecule has 76 valence electrons. The Morgan fingerprint density at radius 3 is 2.23 bits per heavy atom. The van der Waals surface area contributed by atoms with Crippen molar-refractivity contribution in [1.29, 1.82) is 0 Å². The van der Waals surface area contributed by atoms with Crippen LogP contribution >= 0.6 is 0 Å². The van der Waals surface area contributed by atoms with Gasteiger partial charge in [0.05, 0.1) is 6.54 Å². The fourth-order valence-corrected chi connectivity index (χ4v) is 0.626. The zero-order chi connectivity index (χ0) is 10.6. The third-order valence-electron chi connectivity index (χ3n) is 1.10. The third kappa shape index (κ3) is 4.29. The molecule has 0 N–H and O–H groups in total. The summed E-state index contributed by atoms with van der Waals surface area (Å²) in [6.07, 6.45) is -0.931. The van der Waals surface area contributed by atoms with Crippen molar-refractivity contribution in [3.8, 4) is 0 Å². The average molecular weight is 190 g/mol. The number of ether oxygens (including phenoxy) is 1. The van der Waals surface area contributed by atoms with E-state index in [-0.39, 0.29) is 6.54 Å². The molecule has 0 atom stereocenters. The van der Waals surface area contributed by atoms with Gasteiger partial charge >= 0.3 is 6.09 Å². The molecule has 0 saturated carbocycles. The van der Waals surface area contributed by atoms with Crippen LogP contribution in [0, 0.1) is 10.1 Å². The van der Waals surface area contributed by atoms with Crippen LogP contribution in [-0.2, 0) is 4.74 Å². The van der Waals surface area contributed by atoms with E-state index in [0.29, 0.717) is 5.01 Å². The average Bonchev–Trinajstić information content (AvgIpc) is 1.82. The molecule has 0 saturated heterocycles. The largest absolute Gasteiger partial charge is 0.468 e. The minimum absolute atomic E-state index is 0.0120. The number of hydrazine groups is 1. The lowest BCUT2D eigenvalue weighted by molar-refractivity contribution is -0.635. The van der Waals surface area contributed by atoms with Gasteiger partial charge in [0.15, 0.2) is 5.03 Å². The minimum atomic E-state index is -0.931. The summed E-state index contributed by atoms with van der Waals surface area (Å²) in [5.74, 6) is 0. The SMILES string of the molecule is CCN(C(=O)OC(C)(C)C)[N+](=O)[O-]. The first-order valence-corrected chi connectivity index (χ1v) is 3.92. The Balaban J connectivity index is 4.32. The van der Waals surface area contributed by atoms with E-state index in [0.717, 1.165) is 0 Å². The molecule has 6 heteroatoms. The van der Waals surface area contributed by atoms with E-state index in [1.165, 1.54) is 6.92 Å². The fraction of sp³-hybridized carbons (Fsp3) is 0.857. The molecule has 1 amide bonds. The molecule has 0 heterocycles. The first-order chi connectivity index (χ1) is 5.78. The van der Waals surface area contributed by atoms with E-state index in [2.05, 4.69) is 0 Å². The molecule has 0 aromatic heterocycles. The summed E-state index contributed by atoms with van der Waals surface area (Å²) in [6, 6.07) is 0. The zero-order valence-corrected chi connectivity index (χ0v) is 8.23. The standard InChI is InChI=1S/C7H14N2O4/c1-5-8(9(11)12)6(10)13-7(2,3)4/h5H2,1-4H3. The topological polar surface area (TPSA) is 72.7 Å². The van der Waals surface area contributed by atoms with Gasteiger partial charge in [0.1, 0.15) is 5.60 Å². The molecule has 0 bridgehead atoms. The van der Waals surface area contributed by atoms with Gasteiger partial charge in [-0.05, 0) is 32.7 Å². The van der Waals surface area contributed by atoms with Crippen LogP contribution in [-0.4, -0.2) is 28.3 Å². The van der Waals surface area contributed by atoms with Crippen molar-refractivity contribution >= 4 is 6.09 Å². The van der Waals surface area contributed by atoms with Crippen molar-refractivity contribution in [3.63, 3.8) is 0 Å². The monoisotopic (exact) mass is 190 g/mol. The Kier molecular flexibility index (Phi) is 3.65. The molecule has 0 aliphatic heterocycles. The Labute approximate surface area is 76.6 Å². The molecule has 13 heavy (non-hydrogen) atoms. The lowest BCUT2D eigenvalue weighted by Crippen LogP contribution is -2.40. The Morgan fingerprint density at radius 2 is 2.00 bits per heavy atom. The smallest absolute Gasteiger partial charge is 0.440 e. The third-order valence-corrected chi connectivity index (χ3v) is 1.10. The van der Waals surface area contributed by atoms with Crippen LogP contribution in [0.15, 0.2) is 0 Å². The van der Waals surface area contributed by atoms with Gasteiger partial charge in [0.2, 0.25) is 0 Å². The zero-order valence-electron chi connectivity index (χ0n) is 8.23. The van der Waals surface area contributed by atoms with E-state index >= 15 is 0 Å². The van der Waals surface area contributed by atoms with Crippen LogP contribution in [0.25, 0.3) is 0 Å². The molecule has 0 aliphatic carbocycles. The molecular weight excluding hydrogens is 176 g/mol. The van der Waals surface area contributed by atoms with Crippen LogP contribution in [0.4, 0.5) is 4.79 Å². The molecule has 0 rings (SSSR count). The maximum atomic E-state index is 11.1. The summed E-state index contributed by atoms with van der Waals surface area (Å²) < 4.78 is 4.80. The van der Waals surface area contributed by atoms with Gasteiger partial charge in [0.25, 0.3) is 0 Å². The van der Waals surface area contributed by atoms with Gasteiger partial charge < -0.3 is 4.74 Å². The lowest BCUT2D eigenvalue weighted by atomic mass is 10.2. The first kappa shape index (κ1) is 11.7. The highest BCUT2D eigenvalue weighted by molar-refractivity contribution is 5.66. The number of amides is 1. The maximum absolute atomic E-state index is 11.1. The van der Waals surface area contributed by atoms with Crippen LogP contribution in [0.3, 0.4) is 0 Å². The number of carbonyl (C=O) groups is 1. The predicted octanol–water partition coefficient (Wildman–Crippen LogP) is 1.44. The van der Waals surface area contributed by atoms with Crippen molar-refractivity contribution in [2.24, 2.45) is 0 Å². The van der Waals surface area contributed by atoms with Gasteiger partial charge in [-0.2, -0.15) is 0 Å². The normalized spacial score (nSPS) is 10.8. The number of hydrogen-bond donors (Lipinski definition) is 0. The predicted molar refractivity (Wildman–Crippen MR) is 45.6 cm³/mol. The van der Waals surface area contributed by atoms with Crippen LogP contribution in [0.1, 0.15) is 27.7 Å². The van der Waals surface area contributed by atoms with Gasteiger partial charge in [-0.3, -0.25) is 0 Å². The second kappa shape index (κ2) is 4.06. The number of nitro groups is 1. The molecule has 0 unspecified atom stereocenters. The molecule has 0 fully saturated rings. The van der Waals surface area contributed by atoms with Crippen LogP contribution in [0.2, 0.25) is 0 Å². The first-order valence-electron chi connectivity index (χ1n) is 3.92. The summed E-state index contributed by atoms with van der Waals surface area (Å²) in [6.45, 7) is 6.45. The molecule has 6 nitrogen and oxygen atoms in total. The summed E-state index contributed by atoms with van der Waals surface area (Å²) >= 11 is 0. The van der Waals surface area contributed by atoms with Crippen molar-refractivity contribution in [3.05, 3.63) is 10.1 Å². The van der Waals surface area contributed by atoms with Gasteiger partial charge in [-0.25, -0.2) is 14.9 Å². The summed E-state index contributed by atoms with van der Waals surface area (Å²) in [5, 5.41) is 9.93. The summed E-state index contributed by atoms with van der Waals surface area (Å²) in [7, 11) is 0. The number of hydrogen-bond acceptors (Lipinski definition) is 4. The van der Waals surface area contributed by atoms with E-state index in [1.807, 2.05) is 0 Å². The summed E-state index contributed by atoms with van der Waals surface area (Å²) in [4.78, 5) is 21.4. The molecule has 0 aromatic carbocycles. The molecule has 0 spiro atoms. The van der Waals surface area contributed by atoms with Crippen molar-refractivity contribution in [2.45, 2.75) is 33.3 Å². The maximum Gasteiger partial charge on any atom is 0.468 e.